The fourth-order valence-electron chi connectivity index (χ4n) is 3.76. The van der Waals surface area contributed by atoms with Gasteiger partial charge in [0.15, 0.2) is 0 Å². The molecule has 0 aliphatic carbocycles. The zero-order valence-corrected chi connectivity index (χ0v) is 17.6. The molecule has 5 heteroatoms. The average Bonchev–Trinajstić information content (AvgIpc) is 2.87. The van der Waals surface area contributed by atoms with Crippen LogP contribution < -0.4 is 0 Å². The molecular weight excluding hydrogens is 362 g/mol. The summed E-state index contributed by atoms with van der Waals surface area (Å²) >= 11 is 1.68. The minimum Gasteiger partial charge on any atom is -0.207 e. The lowest BCUT2D eigenvalue weighted by molar-refractivity contribution is 0.332. The zero-order chi connectivity index (χ0) is 18.7. The van der Waals surface area contributed by atoms with Gasteiger partial charge in [0.2, 0.25) is 10.0 Å². The van der Waals surface area contributed by atoms with Gasteiger partial charge in [-0.2, -0.15) is 4.31 Å². The second-order valence-electron chi connectivity index (χ2n) is 7.69. The van der Waals surface area contributed by atoms with Crippen molar-refractivity contribution < 1.29 is 8.42 Å². The molecule has 3 rings (SSSR count). The molecule has 142 valence electrons. The molecule has 0 amide bonds. The molecule has 1 aliphatic rings. The quantitative estimate of drug-likeness (QED) is 0.669. The smallest absolute Gasteiger partial charge is 0.207 e. The van der Waals surface area contributed by atoms with Crippen molar-refractivity contribution in [3.05, 3.63) is 51.7 Å². The third kappa shape index (κ3) is 4.21. The summed E-state index contributed by atoms with van der Waals surface area (Å²) in [6, 6.07) is 9.58. The lowest BCUT2D eigenvalue weighted by Crippen LogP contribution is -2.34. The normalized spacial score (nSPS) is 19.6. The van der Waals surface area contributed by atoms with Crippen molar-refractivity contribution in [2.45, 2.75) is 63.8 Å². The van der Waals surface area contributed by atoms with Gasteiger partial charge in [-0.05, 0) is 66.8 Å². The molecule has 1 aromatic carbocycles. The molecule has 0 bridgehead atoms. The lowest BCUT2D eigenvalue weighted by atomic mass is 10.0. The molecule has 0 N–H and O–H groups in total. The van der Waals surface area contributed by atoms with E-state index in [1.165, 1.54) is 16.0 Å². The second-order valence-corrected chi connectivity index (χ2v) is 10.5. The van der Waals surface area contributed by atoms with Gasteiger partial charge in [-0.1, -0.05) is 38.8 Å². The van der Waals surface area contributed by atoms with Gasteiger partial charge < -0.3 is 0 Å². The van der Waals surface area contributed by atoms with E-state index in [1.807, 2.05) is 12.1 Å². The molecular formula is C21H29NO2S2. The molecule has 1 aromatic heterocycles. The van der Waals surface area contributed by atoms with E-state index in [9.17, 15) is 8.42 Å². The molecule has 0 unspecified atom stereocenters. The topological polar surface area (TPSA) is 37.4 Å². The van der Waals surface area contributed by atoms with Crippen LogP contribution >= 0.6 is 11.3 Å². The molecule has 26 heavy (non-hydrogen) atoms. The largest absolute Gasteiger partial charge is 0.243 e. The third-order valence-corrected chi connectivity index (χ3v) is 8.12. The molecule has 1 fully saturated rings. The van der Waals surface area contributed by atoms with Gasteiger partial charge in [0, 0.05) is 11.4 Å². The van der Waals surface area contributed by atoms with Crippen LogP contribution in [0.3, 0.4) is 0 Å². The van der Waals surface area contributed by atoms with E-state index >= 15 is 0 Å². The summed E-state index contributed by atoms with van der Waals surface area (Å²) in [7, 11) is -3.48. The van der Waals surface area contributed by atoms with Crippen LogP contribution in [0.4, 0.5) is 0 Å². The Labute approximate surface area is 162 Å². The van der Waals surface area contributed by atoms with E-state index in [1.54, 1.807) is 27.8 Å². The summed E-state index contributed by atoms with van der Waals surface area (Å²) in [6.45, 7) is 7.05. The number of benzene rings is 1. The molecule has 0 radical (unpaired) electrons. The van der Waals surface area contributed by atoms with Gasteiger partial charge in [0.25, 0.3) is 0 Å². The van der Waals surface area contributed by atoms with Crippen molar-refractivity contribution >= 4 is 21.4 Å². The summed E-state index contributed by atoms with van der Waals surface area (Å²) in [5.41, 5.74) is 2.40. The number of hydrogen-bond acceptors (Lipinski definition) is 3. The van der Waals surface area contributed by atoms with Crippen molar-refractivity contribution in [1.29, 1.82) is 0 Å². The van der Waals surface area contributed by atoms with Gasteiger partial charge in [-0.25, -0.2) is 8.42 Å². The Kier molecular flexibility index (Phi) is 6.21. The molecule has 2 heterocycles. The highest BCUT2D eigenvalue weighted by molar-refractivity contribution is 7.89. The fraction of sp³-hybridized carbons (Fsp3) is 0.524. The molecule has 1 saturated heterocycles. The molecule has 1 aliphatic heterocycles. The van der Waals surface area contributed by atoms with E-state index in [0.29, 0.717) is 17.4 Å². The van der Waals surface area contributed by atoms with Crippen LogP contribution in [-0.2, 0) is 16.4 Å². The van der Waals surface area contributed by atoms with Gasteiger partial charge >= 0.3 is 0 Å². The highest BCUT2D eigenvalue weighted by Gasteiger charge is 2.34. The van der Waals surface area contributed by atoms with Crippen molar-refractivity contribution in [3.8, 4) is 0 Å². The minimum absolute atomic E-state index is 0.0298. The Hall–Kier alpha value is -1.17. The van der Waals surface area contributed by atoms with Gasteiger partial charge in [0.1, 0.15) is 0 Å². The third-order valence-electron chi connectivity index (χ3n) is 5.08. The zero-order valence-electron chi connectivity index (χ0n) is 15.9. The van der Waals surface area contributed by atoms with Gasteiger partial charge in [-0.3, -0.25) is 0 Å². The maximum Gasteiger partial charge on any atom is 0.243 e. The van der Waals surface area contributed by atoms with Crippen LogP contribution in [0.5, 0.6) is 0 Å². The Bertz CT molecular complexity index is 822. The predicted molar refractivity (Wildman–Crippen MR) is 109 cm³/mol. The first-order chi connectivity index (χ1) is 12.4. The summed E-state index contributed by atoms with van der Waals surface area (Å²) in [6.07, 6.45) is 5.00. The summed E-state index contributed by atoms with van der Waals surface area (Å²) in [4.78, 5) is 1.62. The average molecular weight is 392 g/mol. The number of aryl methyl sites for hydroxylation is 1. The predicted octanol–water partition coefficient (Wildman–Crippen LogP) is 5.56. The lowest BCUT2D eigenvalue weighted by Gasteiger charge is -2.29. The Balaban J connectivity index is 1.93. The maximum absolute atomic E-state index is 13.4. The first kappa shape index (κ1) is 19.6. The minimum atomic E-state index is -3.48. The Morgan fingerprint density at radius 3 is 2.46 bits per heavy atom. The molecule has 0 saturated carbocycles. The van der Waals surface area contributed by atoms with E-state index in [4.69, 9.17) is 0 Å². The molecule has 0 spiro atoms. The highest BCUT2D eigenvalue weighted by Crippen LogP contribution is 2.38. The van der Waals surface area contributed by atoms with E-state index in [0.717, 1.165) is 32.1 Å². The summed E-state index contributed by atoms with van der Waals surface area (Å²) < 4.78 is 28.6. The second kappa shape index (κ2) is 8.24. The fourth-order valence-corrected chi connectivity index (χ4v) is 6.57. The van der Waals surface area contributed by atoms with Gasteiger partial charge in [0.05, 0.1) is 10.9 Å². The summed E-state index contributed by atoms with van der Waals surface area (Å²) in [5.74, 6) is 0.564. The van der Waals surface area contributed by atoms with Crippen molar-refractivity contribution in [2.24, 2.45) is 5.92 Å². The monoisotopic (exact) mass is 391 g/mol. The maximum atomic E-state index is 13.4. The Morgan fingerprint density at radius 1 is 1.12 bits per heavy atom. The van der Waals surface area contributed by atoms with E-state index in [-0.39, 0.29) is 6.04 Å². The summed E-state index contributed by atoms with van der Waals surface area (Å²) in [5, 5.41) is 2.07. The standard InChI is InChI=1S/C21H29NO2S2/c1-16(2)15-18-8-10-19(11-9-18)26(23,24)22-13-6-4-5-7-20(22)21-17(3)12-14-25-21/h8-12,14,16,20H,4-7,13,15H2,1-3H3/t20-/m1/s1. The van der Waals surface area contributed by atoms with Crippen LogP contribution in [0.15, 0.2) is 40.6 Å². The first-order valence-electron chi connectivity index (χ1n) is 9.54. The first-order valence-corrected chi connectivity index (χ1v) is 11.9. The van der Waals surface area contributed by atoms with Crippen LogP contribution in [0.1, 0.15) is 61.6 Å². The van der Waals surface area contributed by atoms with E-state index < -0.39 is 10.0 Å². The number of rotatable bonds is 5. The molecule has 1 atom stereocenters. The van der Waals surface area contributed by atoms with Gasteiger partial charge in [-0.15, -0.1) is 11.3 Å². The number of nitrogens with zero attached hydrogens (tertiary/aromatic N) is 1. The molecule has 2 aromatic rings. The van der Waals surface area contributed by atoms with Crippen LogP contribution in [0.2, 0.25) is 0 Å². The highest BCUT2D eigenvalue weighted by atomic mass is 32.2. The van der Waals surface area contributed by atoms with Crippen LogP contribution in [-0.4, -0.2) is 19.3 Å². The van der Waals surface area contributed by atoms with Crippen molar-refractivity contribution in [2.75, 3.05) is 6.54 Å². The van der Waals surface area contributed by atoms with Crippen molar-refractivity contribution in [1.82, 2.24) is 4.31 Å². The van der Waals surface area contributed by atoms with Crippen molar-refractivity contribution in [3.63, 3.8) is 0 Å². The SMILES string of the molecule is Cc1ccsc1[C@H]1CCCCCN1S(=O)(=O)c1ccc(CC(C)C)cc1. The number of hydrogen-bond donors (Lipinski definition) is 0. The number of thiophene rings is 1. The van der Waals surface area contributed by atoms with Crippen LogP contribution in [0, 0.1) is 12.8 Å². The van der Waals surface area contributed by atoms with E-state index in [2.05, 4.69) is 32.2 Å². The molecule has 3 nitrogen and oxygen atoms in total. The Morgan fingerprint density at radius 2 is 1.85 bits per heavy atom. The number of sulfonamides is 1. The van der Waals surface area contributed by atoms with Crippen LogP contribution in [0.25, 0.3) is 0 Å².